The van der Waals surface area contributed by atoms with E-state index in [1.165, 1.54) is 0 Å². The molecular formula is C7H7BrOS. The van der Waals surface area contributed by atoms with Gasteiger partial charge in [-0.3, -0.25) is 4.79 Å². The highest BCUT2D eigenvalue weighted by molar-refractivity contribution is 9.11. The van der Waals surface area contributed by atoms with Crippen molar-refractivity contribution in [2.24, 2.45) is 0 Å². The Hall–Kier alpha value is -0.150. The van der Waals surface area contributed by atoms with E-state index in [4.69, 9.17) is 0 Å². The third-order valence-corrected chi connectivity index (χ3v) is 3.47. The van der Waals surface area contributed by atoms with Crippen LogP contribution in [0, 0.1) is 13.8 Å². The van der Waals surface area contributed by atoms with Gasteiger partial charge in [-0.2, -0.15) is 0 Å². The molecule has 0 aromatic carbocycles. The lowest BCUT2D eigenvalue weighted by Crippen LogP contribution is -2.06. The van der Waals surface area contributed by atoms with Crippen molar-refractivity contribution in [1.82, 2.24) is 0 Å². The smallest absolute Gasteiger partial charge is 0.187 e. The molecule has 0 atom stereocenters. The van der Waals surface area contributed by atoms with E-state index in [-0.39, 0.29) is 5.43 Å². The first-order valence-corrected chi connectivity index (χ1v) is 4.54. The maximum atomic E-state index is 11.2. The summed E-state index contributed by atoms with van der Waals surface area (Å²) in [5.41, 5.74) is 1.78. The maximum Gasteiger partial charge on any atom is 0.187 e. The molecule has 1 nitrogen and oxygen atoms in total. The lowest BCUT2D eigenvalue weighted by atomic mass is 10.3. The summed E-state index contributed by atoms with van der Waals surface area (Å²) in [6.07, 6.45) is 0. The van der Waals surface area contributed by atoms with Crippen molar-refractivity contribution in [3.8, 4) is 0 Å². The van der Waals surface area contributed by atoms with E-state index < -0.39 is 0 Å². The lowest BCUT2D eigenvalue weighted by Gasteiger charge is -1.94. The van der Waals surface area contributed by atoms with Crippen molar-refractivity contribution >= 4 is 27.3 Å². The third kappa shape index (κ3) is 1.30. The quantitative estimate of drug-likeness (QED) is 0.655. The second-order valence-corrected chi connectivity index (χ2v) is 4.34. The lowest BCUT2D eigenvalue weighted by molar-refractivity contribution is 1.33. The van der Waals surface area contributed by atoms with Crippen molar-refractivity contribution in [3.63, 3.8) is 0 Å². The molecule has 54 valence electrons. The third-order valence-electron chi connectivity index (χ3n) is 1.33. The van der Waals surface area contributed by atoms with E-state index in [9.17, 15) is 4.79 Å². The summed E-state index contributed by atoms with van der Waals surface area (Å²) in [5.74, 6) is 0. The van der Waals surface area contributed by atoms with Crippen LogP contribution in [0.4, 0.5) is 0 Å². The van der Waals surface area contributed by atoms with E-state index in [2.05, 4.69) is 15.9 Å². The van der Waals surface area contributed by atoms with Crippen LogP contribution < -0.4 is 5.43 Å². The van der Waals surface area contributed by atoms with Gasteiger partial charge >= 0.3 is 0 Å². The summed E-state index contributed by atoms with van der Waals surface area (Å²) in [5, 5.41) is 1.86. The van der Waals surface area contributed by atoms with E-state index in [0.29, 0.717) is 0 Å². The Kier molecular flexibility index (Phi) is 2.26. The van der Waals surface area contributed by atoms with Crippen LogP contribution in [0.1, 0.15) is 11.1 Å². The van der Waals surface area contributed by atoms with Gasteiger partial charge in [0.15, 0.2) is 5.43 Å². The summed E-state index contributed by atoms with van der Waals surface area (Å²) >= 11 is 4.85. The minimum absolute atomic E-state index is 0.144. The van der Waals surface area contributed by atoms with Crippen LogP contribution in [0.2, 0.25) is 0 Å². The molecule has 0 N–H and O–H groups in total. The molecule has 1 heterocycles. The maximum absolute atomic E-state index is 11.2. The first-order valence-electron chi connectivity index (χ1n) is 2.87. The predicted molar refractivity (Wildman–Crippen MR) is 47.8 cm³/mol. The minimum Gasteiger partial charge on any atom is -0.289 e. The number of aryl methyl sites for hydroxylation is 1. The molecule has 0 aliphatic rings. The molecule has 1 aromatic heterocycles. The molecule has 0 aliphatic carbocycles. The van der Waals surface area contributed by atoms with Gasteiger partial charge in [0.25, 0.3) is 0 Å². The van der Waals surface area contributed by atoms with Crippen molar-refractivity contribution < 1.29 is 0 Å². The number of halogens is 1. The Morgan fingerprint density at radius 3 is 2.60 bits per heavy atom. The average Bonchev–Trinajstić information content (AvgIpc) is 1.93. The Morgan fingerprint density at radius 1 is 1.50 bits per heavy atom. The van der Waals surface area contributed by atoms with Crippen LogP contribution in [0.3, 0.4) is 0 Å². The fourth-order valence-electron chi connectivity index (χ4n) is 0.667. The van der Waals surface area contributed by atoms with Gasteiger partial charge in [0.05, 0.1) is 3.79 Å². The van der Waals surface area contributed by atoms with Gasteiger partial charge in [-0.25, -0.2) is 0 Å². The molecule has 1 aromatic rings. The summed E-state index contributed by atoms with van der Waals surface area (Å²) in [6.45, 7) is 3.66. The molecule has 0 amide bonds. The zero-order chi connectivity index (χ0) is 7.72. The van der Waals surface area contributed by atoms with Gasteiger partial charge in [0, 0.05) is 11.1 Å². The zero-order valence-electron chi connectivity index (χ0n) is 5.77. The Morgan fingerprint density at radius 2 is 2.10 bits per heavy atom. The van der Waals surface area contributed by atoms with Gasteiger partial charge in [0.2, 0.25) is 0 Å². The molecule has 1 rings (SSSR count). The van der Waals surface area contributed by atoms with Gasteiger partial charge in [0.1, 0.15) is 0 Å². The average molecular weight is 219 g/mol. The Labute approximate surface area is 71.8 Å². The van der Waals surface area contributed by atoms with E-state index in [1.54, 1.807) is 11.3 Å². The molecule has 0 spiro atoms. The molecule has 0 saturated carbocycles. The molecule has 3 heteroatoms. The van der Waals surface area contributed by atoms with Gasteiger partial charge < -0.3 is 0 Å². The number of rotatable bonds is 0. The second kappa shape index (κ2) is 2.84. The standard InChI is InChI=1S/C7H7BrOS/c1-4-3-10-7(8)5(2)6(4)9/h3H,1-2H3. The van der Waals surface area contributed by atoms with Crippen LogP contribution in [-0.4, -0.2) is 0 Å². The first-order chi connectivity index (χ1) is 4.63. The normalized spacial score (nSPS) is 9.90. The van der Waals surface area contributed by atoms with Crippen LogP contribution in [0.5, 0.6) is 0 Å². The van der Waals surface area contributed by atoms with Crippen molar-refractivity contribution in [2.75, 3.05) is 0 Å². The van der Waals surface area contributed by atoms with Gasteiger partial charge in [-0.05, 0) is 35.2 Å². The van der Waals surface area contributed by atoms with Gasteiger partial charge in [-0.1, -0.05) is 0 Å². The highest BCUT2D eigenvalue weighted by Crippen LogP contribution is 2.18. The van der Waals surface area contributed by atoms with E-state index >= 15 is 0 Å². The molecule has 0 unspecified atom stereocenters. The summed E-state index contributed by atoms with van der Waals surface area (Å²) in [6, 6.07) is 0. The molecule has 0 saturated heterocycles. The fraction of sp³-hybridized carbons (Fsp3) is 0.286. The Bertz CT molecular complexity index is 303. The SMILES string of the molecule is Cc1csc(Br)c(C)c1=O. The number of hydrogen-bond donors (Lipinski definition) is 0. The topological polar surface area (TPSA) is 17.1 Å². The highest BCUT2D eigenvalue weighted by atomic mass is 79.9. The highest BCUT2D eigenvalue weighted by Gasteiger charge is 2.00. The first kappa shape index (κ1) is 7.95. The van der Waals surface area contributed by atoms with Crippen molar-refractivity contribution in [1.29, 1.82) is 0 Å². The molecule has 10 heavy (non-hydrogen) atoms. The van der Waals surface area contributed by atoms with E-state index in [1.807, 2.05) is 19.2 Å². The molecule has 0 aliphatic heterocycles. The van der Waals surface area contributed by atoms with Gasteiger partial charge in [-0.15, -0.1) is 11.3 Å². The summed E-state index contributed by atoms with van der Waals surface area (Å²) < 4.78 is 0.933. The molecule has 0 radical (unpaired) electrons. The molecule has 0 bridgehead atoms. The predicted octanol–water partition coefficient (Wildman–Crippen LogP) is 2.49. The van der Waals surface area contributed by atoms with Crippen LogP contribution in [0.15, 0.2) is 14.0 Å². The second-order valence-electron chi connectivity index (χ2n) is 2.15. The summed E-state index contributed by atoms with van der Waals surface area (Å²) in [7, 11) is 0. The largest absolute Gasteiger partial charge is 0.289 e. The van der Waals surface area contributed by atoms with Crippen molar-refractivity contribution in [3.05, 3.63) is 30.5 Å². The molecular weight excluding hydrogens is 212 g/mol. The monoisotopic (exact) mass is 218 g/mol. The Balaban J connectivity index is 3.50. The summed E-state index contributed by atoms with van der Waals surface area (Å²) in [4.78, 5) is 11.2. The fourth-order valence-corrected chi connectivity index (χ4v) is 1.78. The van der Waals surface area contributed by atoms with Crippen molar-refractivity contribution in [2.45, 2.75) is 13.8 Å². The van der Waals surface area contributed by atoms with E-state index in [0.717, 1.165) is 14.9 Å². The molecule has 0 fully saturated rings. The number of hydrogen-bond acceptors (Lipinski definition) is 2. The van der Waals surface area contributed by atoms with Crippen LogP contribution in [-0.2, 0) is 0 Å². The minimum atomic E-state index is 0.144. The van der Waals surface area contributed by atoms with Crippen LogP contribution >= 0.6 is 27.3 Å². The zero-order valence-corrected chi connectivity index (χ0v) is 8.17. The van der Waals surface area contributed by atoms with Crippen LogP contribution in [0.25, 0.3) is 0 Å².